The number of hydrogen-bond donors (Lipinski definition) is 2. The number of hydrogen-bond acceptors (Lipinski definition) is 3. The van der Waals surface area contributed by atoms with E-state index in [1.165, 1.54) is 5.56 Å². The molecule has 1 aromatic heterocycles. The van der Waals surface area contributed by atoms with Gasteiger partial charge in [-0.1, -0.05) is 0 Å². The van der Waals surface area contributed by atoms with Gasteiger partial charge in [-0.25, -0.2) is 0 Å². The molecule has 0 amide bonds. The molecule has 4 nitrogen and oxygen atoms in total. The summed E-state index contributed by atoms with van der Waals surface area (Å²) < 4.78 is 0. The van der Waals surface area contributed by atoms with Gasteiger partial charge >= 0.3 is 0 Å². The van der Waals surface area contributed by atoms with Crippen molar-refractivity contribution in [3.63, 3.8) is 0 Å². The number of nitrogens with two attached hydrogens (primary N) is 1. The molecule has 12 heavy (non-hydrogen) atoms. The normalized spacial score (nSPS) is 24.9. The Morgan fingerprint density at radius 1 is 1.75 bits per heavy atom. The molecule has 2 heterocycles. The van der Waals surface area contributed by atoms with E-state index >= 15 is 0 Å². The average molecular weight is 166 g/mol. The van der Waals surface area contributed by atoms with Crippen LogP contribution in [-0.2, 0) is 6.54 Å². The molecule has 1 fully saturated rings. The van der Waals surface area contributed by atoms with Crippen molar-refractivity contribution in [1.29, 1.82) is 0 Å². The van der Waals surface area contributed by atoms with Gasteiger partial charge in [-0.15, -0.1) is 0 Å². The standard InChI is InChI=1S/C8H14N4/c9-8-1-2-12(6-8)5-7-3-10-11-4-7/h3-4,8H,1-2,5-6,9H2,(H,10,11). The van der Waals surface area contributed by atoms with Gasteiger partial charge in [0.05, 0.1) is 6.20 Å². The molecule has 0 saturated carbocycles. The van der Waals surface area contributed by atoms with E-state index in [0.717, 1.165) is 26.1 Å². The Labute approximate surface area is 71.7 Å². The molecule has 0 spiro atoms. The van der Waals surface area contributed by atoms with Crippen molar-refractivity contribution in [3.8, 4) is 0 Å². The van der Waals surface area contributed by atoms with Gasteiger partial charge < -0.3 is 5.73 Å². The van der Waals surface area contributed by atoms with Crippen molar-refractivity contribution >= 4 is 0 Å². The van der Waals surface area contributed by atoms with Crippen LogP contribution in [0, 0.1) is 0 Å². The summed E-state index contributed by atoms with van der Waals surface area (Å²) >= 11 is 0. The lowest BCUT2D eigenvalue weighted by Gasteiger charge is -2.12. The van der Waals surface area contributed by atoms with Crippen LogP contribution in [-0.4, -0.2) is 34.2 Å². The van der Waals surface area contributed by atoms with Crippen LogP contribution in [0.3, 0.4) is 0 Å². The molecule has 0 aromatic carbocycles. The van der Waals surface area contributed by atoms with Crippen LogP contribution in [0.25, 0.3) is 0 Å². The molecule has 2 rings (SSSR count). The zero-order valence-corrected chi connectivity index (χ0v) is 7.03. The first kappa shape index (κ1) is 7.76. The molecule has 1 aliphatic heterocycles. The van der Waals surface area contributed by atoms with Gasteiger partial charge in [0, 0.05) is 37.4 Å². The van der Waals surface area contributed by atoms with Crippen LogP contribution in [0.5, 0.6) is 0 Å². The van der Waals surface area contributed by atoms with E-state index in [1.807, 2.05) is 12.4 Å². The fourth-order valence-electron chi connectivity index (χ4n) is 1.63. The van der Waals surface area contributed by atoms with Gasteiger partial charge in [-0.2, -0.15) is 5.10 Å². The van der Waals surface area contributed by atoms with E-state index in [9.17, 15) is 0 Å². The summed E-state index contributed by atoms with van der Waals surface area (Å²) in [6.07, 6.45) is 4.92. The van der Waals surface area contributed by atoms with Crippen molar-refractivity contribution in [2.75, 3.05) is 13.1 Å². The Kier molecular flexibility index (Phi) is 2.10. The largest absolute Gasteiger partial charge is 0.326 e. The van der Waals surface area contributed by atoms with E-state index in [0.29, 0.717) is 6.04 Å². The second-order valence-corrected chi connectivity index (χ2v) is 3.39. The number of nitrogens with zero attached hydrogens (tertiary/aromatic N) is 2. The number of likely N-dealkylation sites (tertiary alicyclic amines) is 1. The number of nitrogens with one attached hydrogen (secondary N) is 1. The zero-order valence-electron chi connectivity index (χ0n) is 7.03. The highest BCUT2D eigenvalue weighted by atomic mass is 15.2. The highest BCUT2D eigenvalue weighted by molar-refractivity contribution is 5.02. The zero-order chi connectivity index (χ0) is 8.39. The number of aromatic amines is 1. The molecule has 1 unspecified atom stereocenters. The first-order valence-electron chi connectivity index (χ1n) is 4.30. The van der Waals surface area contributed by atoms with Crippen LogP contribution in [0.2, 0.25) is 0 Å². The third-order valence-electron chi connectivity index (χ3n) is 2.27. The van der Waals surface area contributed by atoms with Crippen LogP contribution in [0.1, 0.15) is 12.0 Å². The SMILES string of the molecule is NC1CCN(Cc2cn[nH]c2)C1. The molecule has 4 heteroatoms. The molecule has 0 bridgehead atoms. The summed E-state index contributed by atoms with van der Waals surface area (Å²) in [5.41, 5.74) is 7.03. The monoisotopic (exact) mass is 166 g/mol. The van der Waals surface area contributed by atoms with E-state index in [-0.39, 0.29) is 0 Å². The fraction of sp³-hybridized carbons (Fsp3) is 0.625. The Hall–Kier alpha value is -0.870. The van der Waals surface area contributed by atoms with Crippen molar-refractivity contribution < 1.29 is 0 Å². The van der Waals surface area contributed by atoms with E-state index in [4.69, 9.17) is 5.73 Å². The number of aromatic nitrogens is 2. The maximum Gasteiger partial charge on any atom is 0.0532 e. The minimum Gasteiger partial charge on any atom is -0.326 e. The molecule has 1 aromatic rings. The Balaban J connectivity index is 1.88. The summed E-state index contributed by atoms with van der Waals surface area (Å²) in [4.78, 5) is 2.36. The molecule has 3 N–H and O–H groups in total. The molecular formula is C8H14N4. The van der Waals surface area contributed by atoms with Crippen LogP contribution >= 0.6 is 0 Å². The summed E-state index contributed by atoms with van der Waals surface area (Å²) in [7, 11) is 0. The second kappa shape index (κ2) is 3.25. The van der Waals surface area contributed by atoms with Gasteiger partial charge in [0.15, 0.2) is 0 Å². The maximum atomic E-state index is 5.79. The van der Waals surface area contributed by atoms with Gasteiger partial charge in [0.25, 0.3) is 0 Å². The molecule has 1 saturated heterocycles. The molecule has 66 valence electrons. The highest BCUT2D eigenvalue weighted by Crippen LogP contribution is 2.10. The second-order valence-electron chi connectivity index (χ2n) is 3.39. The van der Waals surface area contributed by atoms with E-state index < -0.39 is 0 Å². The summed E-state index contributed by atoms with van der Waals surface area (Å²) in [6, 6.07) is 0.372. The van der Waals surface area contributed by atoms with E-state index in [2.05, 4.69) is 15.1 Å². The summed E-state index contributed by atoms with van der Waals surface area (Å²) in [5.74, 6) is 0. The molecule has 1 atom stereocenters. The predicted octanol–water partition coefficient (Wildman–Crippen LogP) is -0.0573. The minimum atomic E-state index is 0.372. The average Bonchev–Trinajstić information content (AvgIpc) is 2.63. The first-order valence-corrected chi connectivity index (χ1v) is 4.30. The first-order chi connectivity index (χ1) is 5.84. The Morgan fingerprint density at radius 3 is 3.25 bits per heavy atom. The van der Waals surface area contributed by atoms with Crippen LogP contribution < -0.4 is 5.73 Å². The lowest BCUT2D eigenvalue weighted by Crippen LogP contribution is -2.26. The van der Waals surface area contributed by atoms with E-state index in [1.54, 1.807) is 0 Å². The molecular weight excluding hydrogens is 152 g/mol. The van der Waals surface area contributed by atoms with Crippen LogP contribution in [0.15, 0.2) is 12.4 Å². The van der Waals surface area contributed by atoms with Crippen molar-refractivity contribution in [1.82, 2.24) is 15.1 Å². The smallest absolute Gasteiger partial charge is 0.0532 e. The van der Waals surface area contributed by atoms with Crippen molar-refractivity contribution in [3.05, 3.63) is 18.0 Å². The van der Waals surface area contributed by atoms with Crippen molar-refractivity contribution in [2.45, 2.75) is 19.0 Å². The maximum absolute atomic E-state index is 5.79. The molecule has 1 aliphatic rings. The van der Waals surface area contributed by atoms with Gasteiger partial charge in [0.1, 0.15) is 0 Å². The predicted molar refractivity (Wildman–Crippen MR) is 46.5 cm³/mol. The third kappa shape index (κ3) is 1.65. The van der Waals surface area contributed by atoms with Gasteiger partial charge in [-0.3, -0.25) is 10.00 Å². The summed E-state index contributed by atoms with van der Waals surface area (Å²) in [5, 5.41) is 6.71. The van der Waals surface area contributed by atoms with Gasteiger partial charge in [0.2, 0.25) is 0 Å². The Morgan fingerprint density at radius 2 is 2.67 bits per heavy atom. The lowest BCUT2D eigenvalue weighted by molar-refractivity contribution is 0.327. The van der Waals surface area contributed by atoms with Gasteiger partial charge in [-0.05, 0) is 6.42 Å². The summed E-state index contributed by atoms with van der Waals surface area (Å²) in [6.45, 7) is 3.11. The van der Waals surface area contributed by atoms with Crippen LogP contribution in [0.4, 0.5) is 0 Å². The number of rotatable bonds is 2. The minimum absolute atomic E-state index is 0.372. The quantitative estimate of drug-likeness (QED) is 0.647. The topological polar surface area (TPSA) is 57.9 Å². The Bertz CT molecular complexity index is 231. The highest BCUT2D eigenvalue weighted by Gasteiger charge is 2.18. The fourth-order valence-corrected chi connectivity index (χ4v) is 1.63. The lowest BCUT2D eigenvalue weighted by atomic mass is 10.3. The molecule has 0 aliphatic carbocycles. The van der Waals surface area contributed by atoms with Crippen molar-refractivity contribution in [2.24, 2.45) is 5.73 Å². The molecule has 0 radical (unpaired) electrons. The number of H-pyrrole nitrogens is 1. The third-order valence-corrected chi connectivity index (χ3v) is 2.27.